The molecule has 182 valence electrons. The molecule has 8 heteroatoms. The number of rotatable bonds is 5. The summed E-state index contributed by atoms with van der Waals surface area (Å²) in [6.45, 7) is 4.02. The molecule has 0 saturated heterocycles. The van der Waals surface area contributed by atoms with Gasteiger partial charge >= 0.3 is 0 Å². The summed E-state index contributed by atoms with van der Waals surface area (Å²) in [5.41, 5.74) is 5.93. The third-order valence-electron chi connectivity index (χ3n) is 6.36. The molecule has 0 unspecified atom stereocenters. The first-order valence-electron chi connectivity index (χ1n) is 11.7. The number of halogens is 1. The molecular formula is C28H25ClN4O2S. The zero-order valence-corrected chi connectivity index (χ0v) is 21.5. The van der Waals surface area contributed by atoms with E-state index in [9.17, 15) is 9.59 Å². The normalized spacial score (nSPS) is 19.3. The number of amides is 2. The fourth-order valence-corrected chi connectivity index (χ4v) is 5.43. The number of anilines is 1. The highest BCUT2D eigenvalue weighted by atomic mass is 35.5. The number of aryl methyl sites for hydroxylation is 2. The molecule has 0 aliphatic carbocycles. The van der Waals surface area contributed by atoms with Gasteiger partial charge in [0, 0.05) is 23.6 Å². The number of benzene rings is 3. The Morgan fingerprint density at radius 1 is 1.06 bits per heavy atom. The van der Waals surface area contributed by atoms with Crippen LogP contribution in [0.5, 0.6) is 0 Å². The SMILES string of the molecule is Cc1ccc(NC(=O)C[C@@H]2SC(N3N=C(c4ccc(Cl)cc4)C[C@@H]3c3ccccc3)=NC2=O)cc1C. The first-order valence-corrected chi connectivity index (χ1v) is 13.0. The van der Waals surface area contributed by atoms with E-state index in [1.807, 2.05) is 79.5 Å². The highest BCUT2D eigenvalue weighted by Gasteiger charge is 2.39. The molecule has 0 saturated carbocycles. The molecule has 0 fully saturated rings. The number of hydrogen-bond acceptors (Lipinski definition) is 5. The van der Waals surface area contributed by atoms with Crippen LogP contribution in [0.1, 0.15) is 41.1 Å². The molecule has 0 radical (unpaired) electrons. The minimum Gasteiger partial charge on any atom is -0.326 e. The molecule has 3 aromatic carbocycles. The van der Waals surface area contributed by atoms with E-state index in [-0.39, 0.29) is 24.3 Å². The third kappa shape index (κ3) is 5.22. The number of thioether (sulfide) groups is 1. The van der Waals surface area contributed by atoms with E-state index < -0.39 is 5.25 Å². The number of aliphatic imine (C=N–C) groups is 1. The first-order chi connectivity index (χ1) is 17.4. The Morgan fingerprint density at radius 2 is 1.81 bits per heavy atom. The van der Waals surface area contributed by atoms with E-state index in [4.69, 9.17) is 16.7 Å². The van der Waals surface area contributed by atoms with Gasteiger partial charge < -0.3 is 5.32 Å². The van der Waals surface area contributed by atoms with Gasteiger partial charge in [-0.05, 0) is 60.4 Å². The Kier molecular flexibility index (Phi) is 6.94. The predicted molar refractivity (Wildman–Crippen MR) is 147 cm³/mol. The molecule has 2 aliphatic heterocycles. The molecule has 0 bridgehead atoms. The quantitative estimate of drug-likeness (QED) is 0.442. The van der Waals surface area contributed by atoms with Crippen LogP contribution in [0.3, 0.4) is 0 Å². The number of carbonyl (C=O) groups excluding carboxylic acids is 2. The van der Waals surface area contributed by atoms with Crippen LogP contribution >= 0.6 is 23.4 Å². The zero-order chi connectivity index (χ0) is 25.2. The van der Waals surface area contributed by atoms with Crippen molar-refractivity contribution < 1.29 is 9.59 Å². The number of amidine groups is 1. The van der Waals surface area contributed by atoms with Crippen LogP contribution in [0, 0.1) is 13.8 Å². The van der Waals surface area contributed by atoms with Gasteiger partial charge in [0.15, 0.2) is 5.17 Å². The molecule has 36 heavy (non-hydrogen) atoms. The number of nitrogens with zero attached hydrogens (tertiary/aromatic N) is 3. The summed E-state index contributed by atoms with van der Waals surface area (Å²) in [5, 5.41) is 10.2. The lowest BCUT2D eigenvalue weighted by Gasteiger charge is -2.23. The number of carbonyl (C=O) groups is 2. The van der Waals surface area contributed by atoms with Crippen LogP contribution in [0.25, 0.3) is 0 Å². The van der Waals surface area contributed by atoms with Crippen molar-refractivity contribution in [2.75, 3.05) is 5.32 Å². The standard InChI is InChI=1S/C28H25ClN4O2S/c1-17-8-13-22(14-18(17)2)30-26(34)16-25-27(35)31-28(36-25)33-24(20-6-4-3-5-7-20)15-23(32-33)19-9-11-21(29)12-10-19/h3-14,24-25H,15-16H2,1-2H3,(H,30,34)/t24-,25+/m1/s1. The van der Waals surface area contributed by atoms with Crippen molar-refractivity contribution in [2.24, 2.45) is 10.1 Å². The fourth-order valence-electron chi connectivity index (χ4n) is 4.24. The maximum absolute atomic E-state index is 12.8. The molecule has 2 heterocycles. The van der Waals surface area contributed by atoms with E-state index in [1.165, 1.54) is 11.8 Å². The minimum absolute atomic E-state index is 0.0427. The van der Waals surface area contributed by atoms with E-state index in [0.29, 0.717) is 16.6 Å². The van der Waals surface area contributed by atoms with Gasteiger partial charge in [-0.25, -0.2) is 5.01 Å². The molecular weight excluding hydrogens is 492 g/mol. The van der Waals surface area contributed by atoms with Crippen LogP contribution in [0.2, 0.25) is 5.02 Å². The summed E-state index contributed by atoms with van der Waals surface area (Å²) in [6.07, 6.45) is 0.707. The van der Waals surface area contributed by atoms with E-state index in [0.717, 1.165) is 33.7 Å². The van der Waals surface area contributed by atoms with Gasteiger partial charge in [-0.3, -0.25) is 9.59 Å². The van der Waals surface area contributed by atoms with Crippen molar-refractivity contribution >= 4 is 51.7 Å². The minimum atomic E-state index is -0.585. The van der Waals surface area contributed by atoms with Crippen LogP contribution in [-0.4, -0.2) is 33.0 Å². The molecule has 2 aliphatic rings. The highest BCUT2D eigenvalue weighted by Crippen LogP contribution is 2.38. The Hall–Kier alpha value is -3.42. The third-order valence-corrected chi connectivity index (χ3v) is 7.75. The van der Waals surface area contributed by atoms with Crippen LogP contribution < -0.4 is 5.32 Å². The average Bonchev–Trinajstić information content (AvgIpc) is 3.46. The van der Waals surface area contributed by atoms with Gasteiger partial charge in [0.1, 0.15) is 5.25 Å². The van der Waals surface area contributed by atoms with Crippen LogP contribution in [0.15, 0.2) is 82.9 Å². The van der Waals surface area contributed by atoms with Gasteiger partial charge in [-0.2, -0.15) is 10.1 Å². The van der Waals surface area contributed by atoms with Gasteiger partial charge in [0.05, 0.1) is 11.8 Å². The summed E-state index contributed by atoms with van der Waals surface area (Å²) in [5.74, 6) is -0.529. The van der Waals surface area contributed by atoms with Crippen molar-refractivity contribution in [3.63, 3.8) is 0 Å². The Bertz CT molecular complexity index is 1370. The Morgan fingerprint density at radius 3 is 2.53 bits per heavy atom. The largest absolute Gasteiger partial charge is 0.326 e. The van der Waals surface area contributed by atoms with E-state index in [1.54, 1.807) is 0 Å². The number of hydrogen-bond donors (Lipinski definition) is 1. The molecule has 2 amide bonds. The molecule has 2 atom stereocenters. The van der Waals surface area contributed by atoms with Gasteiger partial charge in [0.25, 0.3) is 5.91 Å². The topological polar surface area (TPSA) is 74.1 Å². The molecule has 3 aromatic rings. The maximum atomic E-state index is 12.8. The number of nitrogens with one attached hydrogen (secondary N) is 1. The summed E-state index contributed by atoms with van der Waals surface area (Å²) in [7, 11) is 0. The Balaban J connectivity index is 1.33. The lowest BCUT2D eigenvalue weighted by atomic mass is 9.99. The summed E-state index contributed by atoms with van der Waals surface area (Å²) in [4.78, 5) is 29.8. The summed E-state index contributed by atoms with van der Waals surface area (Å²) >= 11 is 7.37. The predicted octanol–water partition coefficient (Wildman–Crippen LogP) is 6.13. The Labute approximate surface area is 219 Å². The zero-order valence-electron chi connectivity index (χ0n) is 19.9. The van der Waals surface area contributed by atoms with Gasteiger partial charge in [0.2, 0.25) is 5.91 Å². The summed E-state index contributed by atoms with van der Waals surface area (Å²) in [6, 6.07) is 23.3. The van der Waals surface area contributed by atoms with Gasteiger partial charge in [-0.15, -0.1) is 0 Å². The molecule has 1 N–H and O–H groups in total. The molecule has 5 rings (SSSR count). The monoisotopic (exact) mass is 516 g/mol. The fraction of sp³-hybridized carbons (Fsp3) is 0.214. The van der Waals surface area contributed by atoms with Crippen molar-refractivity contribution in [3.05, 3.63) is 100 Å². The van der Waals surface area contributed by atoms with Crippen LogP contribution in [0.4, 0.5) is 5.69 Å². The number of hydrazone groups is 1. The van der Waals surface area contributed by atoms with Gasteiger partial charge in [-0.1, -0.05) is 71.9 Å². The van der Waals surface area contributed by atoms with Crippen molar-refractivity contribution in [2.45, 2.75) is 38.0 Å². The smallest absolute Gasteiger partial charge is 0.262 e. The van der Waals surface area contributed by atoms with E-state index in [2.05, 4.69) is 22.4 Å². The van der Waals surface area contributed by atoms with Crippen molar-refractivity contribution in [3.8, 4) is 0 Å². The second-order valence-electron chi connectivity index (χ2n) is 8.92. The van der Waals surface area contributed by atoms with E-state index >= 15 is 0 Å². The summed E-state index contributed by atoms with van der Waals surface area (Å²) < 4.78 is 0. The van der Waals surface area contributed by atoms with Crippen molar-refractivity contribution in [1.82, 2.24) is 5.01 Å². The van der Waals surface area contributed by atoms with Crippen LogP contribution in [-0.2, 0) is 9.59 Å². The molecule has 0 spiro atoms. The lowest BCUT2D eigenvalue weighted by Crippen LogP contribution is -2.25. The lowest BCUT2D eigenvalue weighted by molar-refractivity contribution is -0.121. The first kappa shape index (κ1) is 24.3. The molecule has 0 aromatic heterocycles. The maximum Gasteiger partial charge on any atom is 0.262 e. The molecule has 6 nitrogen and oxygen atoms in total. The second kappa shape index (κ2) is 10.3. The second-order valence-corrected chi connectivity index (χ2v) is 10.5. The highest BCUT2D eigenvalue weighted by molar-refractivity contribution is 8.15. The van der Waals surface area contributed by atoms with Crippen molar-refractivity contribution in [1.29, 1.82) is 0 Å². The average molecular weight is 517 g/mol.